The van der Waals surface area contributed by atoms with E-state index in [1.165, 1.54) is 13.0 Å². The Morgan fingerprint density at radius 1 is 1.00 bits per heavy atom. The zero-order chi connectivity index (χ0) is 23.3. The molecule has 0 aliphatic carbocycles. The van der Waals surface area contributed by atoms with Crippen LogP contribution in [0.15, 0.2) is 23.3 Å². The molecule has 31 heavy (non-hydrogen) atoms. The van der Waals surface area contributed by atoms with Crippen molar-refractivity contribution in [1.82, 2.24) is 9.80 Å². The number of amides is 4. The fraction of sp³-hybridized carbons (Fsp3) is 0.571. The van der Waals surface area contributed by atoms with Gasteiger partial charge in [-0.3, -0.25) is 33.9 Å². The highest BCUT2D eigenvalue weighted by atomic mass is 17.5. The zero-order valence-corrected chi connectivity index (χ0v) is 18.4. The molecule has 0 radical (unpaired) electrons. The summed E-state index contributed by atoms with van der Waals surface area (Å²) in [6, 6.07) is -1.23. The van der Waals surface area contributed by atoms with E-state index in [-0.39, 0.29) is 30.4 Å². The molecule has 1 unspecified atom stereocenters. The maximum absolute atomic E-state index is 12.6. The third-order valence-corrected chi connectivity index (χ3v) is 5.24. The topological polar surface area (TPSA) is 120 Å². The van der Waals surface area contributed by atoms with Gasteiger partial charge in [-0.25, -0.2) is 4.79 Å². The number of carbonyl (C=O) groups excluding carboxylic acids is 5. The maximum atomic E-state index is 12.6. The zero-order valence-electron chi connectivity index (χ0n) is 18.4. The van der Waals surface area contributed by atoms with E-state index in [2.05, 4.69) is 5.04 Å². The van der Waals surface area contributed by atoms with Gasteiger partial charge in [-0.15, -0.1) is 0 Å². The van der Waals surface area contributed by atoms with Crippen molar-refractivity contribution in [2.24, 2.45) is 0 Å². The lowest BCUT2D eigenvalue weighted by Gasteiger charge is -2.25. The van der Waals surface area contributed by atoms with Crippen LogP contribution in [0.2, 0.25) is 0 Å². The molecule has 0 spiro atoms. The molecule has 170 valence electrons. The first-order chi connectivity index (χ1) is 14.5. The van der Waals surface area contributed by atoms with Crippen LogP contribution in [0.1, 0.15) is 60.3 Å². The first kappa shape index (κ1) is 24.4. The van der Waals surface area contributed by atoms with Crippen LogP contribution in [0.25, 0.3) is 0 Å². The number of carbonyl (C=O) groups is 5. The van der Waals surface area contributed by atoms with Crippen LogP contribution >= 0.6 is 0 Å². The van der Waals surface area contributed by atoms with Crippen molar-refractivity contribution in [3.63, 3.8) is 0 Å². The summed E-state index contributed by atoms with van der Waals surface area (Å²) in [5.41, 5.74) is -0.121. The lowest BCUT2D eigenvalue weighted by molar-refractivity contribution is -0.517. The normalized spacial score (nSPS) is 18.0. The summed E-state index contributed by atoms with van der Waals surface area (Å²) in [6.07, 6.45) is 3.80. The Morgan fingerprint density at radius 3 is 2.13 bits per heavy atom. The Bertz CT molecular complexity index is 842. The summed E-state index contributed by atoms with van der Waals surface area (Å²) in [7, 11) is 0. The second-order valence-corrected chi connectivity index (χ2v) is 8.14. The first-order valence-corrected chi connectivity index (χ1v) is 10.1. The van der Waals surface area contributed by atoms with Crippen molar-refractivity contribution in [2.75, 3.05) is 6.54 Å². The molecule has 0 aromatic rings. The van der Waals surface area contributed by atoms with Gasteiger partial charge in [0.15, 0.2) is 0 Å². The monoisotopic (exact) mass is 436 g/mol. The van der Waals surface area contributed by atoms with E-state index in [0.717, 1.165) is 15.9 Å². The highest BCUT2D eigenvalue weighted by Gasteiger charge is 2.40. The van der Waals surface area contributed by atoms with Gasteiger partial charge < -0.3 is 0 Å². The van der Waals surface area contributed by atoms with Crippen molar-refractivity contribution in [3.8, 4) is 0 Å². The molecule has 0 fully saturated rings. The Morgan fingerprint density at radius 2 is 1.61 bits per heavy atom. The number of rotatable bonds is 11. The van der Waals surface area contributed by atoms with Gasteiger partial charge in [0, 0.05) is 29.8 Å². The minimum atomic E-state index is -1.23. The average Bonchev–Trinajstić information content (AvgIpc) is 3.09. The predicted molar refractivity (Wildman–Crippen MR) is 106 cm³/mol. The number of nitrogens with zero attached hydrogens (tertiary/aromatic N) is 2. The Hall–Kier alpha value is -2.85. The summed E-state index contributed by atoms with van der Waals surface area (Å²) in [6.45, 7) is 8.53. The highest BCUT2D eigenvalue weighted by molar-refractivity contribution is 6.17. The number of hydrogen-bond acceptors (Lipinski definition) is 8. The fourth-order valence-corrected chi connectivity index (χ4v) is 2.97. The van der Waals surface area contributed by atoms with Gasteiger partial charge in [-0.2, -0.15) is 4.89 Å². The van der Waals surface area contributed by atoms with E-state index in [1.807, 2.05) is 6.92 Å². The van der Waals surface area contributed by atoms with Gasteiger partial charge in [0.05, 0.1) is 0 Å². The van der Waals surface area contributed by atoms with Crippen LogP contribution in [0.4, 0.5) is 0 Å². The molecular formula is C21H28N2O8. The van der Waals surface area contributed by atoms with Crippen molar-refractivity contribution in [3.05, 3.63) is 23.3 Å². The molecule has 4 amide bonds. The van der Waals surface area contributed by atoms with E-state index in [4.69, 9.17) is 9.78 Å². The molecule has 2 heterocycles. The summed E-state index contributed by atoms with van der Waals surface area (Å²) in [5, 5.41) is 4.60. The van der Waals surface area contributed by atoms with Crippen LogP contribution in [-0.4, -0.2) is 57.6 Å². The van der Waals surface area contributed by atoms with E-state index in [0.29, 0.717) is 24.8 Å². The summed E-state index contributed by atoms with van der Waals surface area (Å²) < 4.78 is 0. The first-order valence-electron chi connectivity index (χ1n) is 10.1. The summed E-state index contributed by atoms with van der Waals surface area (Å²) in [5.74, 6) is -2.90. The highest BCUT2D eigenvalue weighted by Crippen LogP contribution is 2.22. The van der Waals surface area contributed by atoms with Gasteiger partial charge in [0.1, 0.15) is 11.6 Å². The van der Waals surface area contributed by atoms with Gasteiger partial charge in [-0.05, 0) is 58.4 Å². The lowest BCUT2D eigenvalue weighted by atomic mass is 10.1. The molecule has 0 saturated carbocycles. The molecular weight excluding hydrogens is 408 g/mol. The van der Waals surface area contributed by atoms with Crippen molar-refractivity contribution in [1.29, 1.82) is 0 Å². The molecule has 10 heteroatoms. The molecule has 0 saturated heterocycles. The fourth-order valence-electron chi connectivity index (χ4n) is 2.97. The van der Waals surface area contributed by atoms with Crippen molar-refractivity contribution in [2.45, 2.75) is 71.9 Å². The largest absolute Gasteiger partial charge is 0.368 e. The Kier molecular flexibility index (Phi) is 7.85. The van der Waals surface area contributed by atoms with E-state index in [1.54, 1.807) is 20.8 Å². The standard InChI is InChI=1S/C21H28N2O8/c1-6-21(4,5)30-31-29-20(28)15(23-17(25)12-14(3)19(23)27)9-7-8-10-22-16(24)11-13(2)18(22)26/h11-12,15H,6-10H2,1-5H3. The second kappa shape index (κ2) is 9.97. The minimum absolute atomic E-state index is 0.0700. The van der Waals surface area contributed by atoms with Crippen LogP contribution < -0.4 is 0 Å². The number of imide groups is 2. The molecule has 2 rings (SSSR count). The Balaban J connectivity index is 1.97. The third-order valence-electron chi connectivity index (χ3n) is 5.24. The predicted octanol–water partition coefficient (Wildman–Crippen LogP) is 1.75. The molecule has 0 bridgehead atoms. The van der Waals surface area contributed by atoms with Crippen molar-refractivity contribution < 1.29 is 38.8 Å². The number of unbranched alkanes of at least 4 members (excludes halogenated alkanes) is 1. The Labute approximate surface area is 180 Å². The maximum Gasteiger partial charge on any atom is 0.368 e. The van der Waals surface area contributed by atoms with Gasteiger partial charge in [0.2, 0.25) is 0 Å². The van der Waals surface area contributed by atoms with Gasteiger partial charge in [-0.1, -0.05) is 6.92 Å². The molecule has 1 atom stereocenters. The SMILES string of the molecule is CCC(C)(C)OOOC(=O)C(CCCCN1C(=O)C=C(C)C1=O)N1C(=O)C=C(C)C1=O. The molecule has 2 aliphatic heterocycles. The second-order valence-electron chi connectivity index (χ2n) is 8.14. The molecule has 0 aromatic carbocycles. The van der Waals surface area contributed by atoms with E-state index >= 15 is 0 Å². The van der Waals surface area contributed by atoms with E-state index < -0.39 is 29.4 Å². The summed E-state index contributed by atoms with van der Waals surface area (Å²) in [4.78, 5) is 72.6. The third kappa shape index (κ3) is 5.86. The number of hydrogen-bond donors (Lipinski definition) is 0. The van der Waals surface area contributed by atoms with Crippen LogP contribution in [0.5, 0.6) is 0 Å². The van der Waals surface area contributed by atoms with E-state index in [9.17, 15) is 24.0 Å². The lowest BCUT2D eigenvalue weighted by Crippen LogP contribution is -2.46. The smallest absolute Gasteiger partial charge is 0.275 e. The van der Waals surface area contributed by atoms with Crippen LogP contribution in [0, 0.1) is 0 Å². The summed E-state index contributed by atoms with van der Waals surface area (Å²) >= 11 is 0. The molecule has 2 aliphatic rings. The van der Waals surface area contributed by atoms with Gasteiger partial charge >= 0.3 is 5.97 Å². The molecule has 10 nitrogen and oxygen atoms in total. The van der Waals surface area contributed by atoms with Gasteiger partial charge in [0.25, 0.3) is 23.6 Å². The van der Waals surface area contributed by atoms with Crippen LogP contribution in [0.3, 0.4) is 0 Å². The minimum Gasteiger partial charge on any atom is -0.275 e. The average molecular weight is 436 g/mol. The van der Waals surface area contributed by atoms with Crippen molar-refractivity contribution >= 4 is 29.6 Å². The molecule has 0 aromatic heterocycles. The molecule has 0 N–H and O–H groups in total. The van der Waals surface area contributed by atoms with Crippen LogP contribution in [-0.2, 0) is 38.8 Å². The quantitative estimate of drug-likeness (QED) is 0.208.